The number of carbonyl (C=O) groups is 1. The van der Waals surface area contributed by atoms with Gasteiger partial charge < -0.3 is 15.0 Å². The Balaban J connectivity index is 1.58. The number of hydrogen-bond acceptors (Lipinski definition) is 7. The van der Waals surface area contributed by atoms with Gasteiger partial charge in [0.1, 0.15) is 5.82 Å². The van der Waals surface area contributed by atoms with Gasteiger partial charge in [0.25, 0.3) is 0 Å². The summed E-state index contributed by atoms with van der Waals surface area (Å²) in [6.45, 7) is 3.52. The molecule has 1 aromatic carbocycles. The molecule has 2 N–H and O–H groups in total. The summed E-state index contributed by atoms with van der Waals surface area (Å²) in [6, 6.07) is 7.91. The lowest BCUT2D eigenvalue weighted by molar-refractivity contribution is -0.146. The molecule has 1 saturated heterocycles. The number of aryl methyl sites for hydroxylation is 1. The highest BCUT2D eigenvalue weighted by Gasteiger charge is 2.26. The molecule has 0 atom stereocenters. The zero-order valence-corrected chi connectivity index (χ0v) is 16.5. The van der Waals surface area contributed by atoms with Crippen LogP contribution in [0.4, 0.5) is 17.3 Å². The van der Waals surface area contributed by atoms with Crippen LogP contribution < -0.4 is 10.2 Å². The van der Waals surface area contributed by atoms with E-state index in [-0.39, 0.29) is 17.2 Å². The summed E-state index contributed by atoms with van der Waals surface area (Å²) in [7, 11) is 1.44. The Morgan fingerprint density at radius 2 is 2.07 bits per heavy atom. The van der Waals surface area contributed by atoms with Crippen molar-refractivity contribution in [2.45, 2.75) is 19.8 Å². The number of nitrogens with one attached hydrogen (secondary N) is 2. The van der Waals surface area contributed by atoms with Gasteiger partial charge in [-0.05, 0) is 49.6 Å². The van der Waals surface area contributed by atoms with E-state index in [1.807, 2.05) is 31.2 Å². The number of esters is 1. The van der Waals surface area contributed by atoms with Crippen molar-refractivity contribution < 1.29 is 9.53 Å². The first-order valence-corrected chi connectivity index (χ1v) is 9.50. The van der Waals surface area contributed by atoms with E-state index in [2.05, 4.69) is 30.4 Å². The fourth-order valence-corrected chi connectivity index (χ4v) is 3.70. The standard InChI is InChI=1S/C19H21ClN6O2/c1-11-9-16(25-24-11)22-17-14-4-3-13(10-15(14)21-19(20)23-17)26-7-5-12(6-8-26)18(27)28-2/h3-4,9-10,12H,5-8H2,1-2H3,(H2,21,22,23,24,25). The number of hydrogen-bond donors (Lipinski definition) is 2. The van der Waals surface area contributed by atoms with Gasteiger partial charge in [-0.2, -0.15) is 10.1 Å². The molecule has 0 bridgehead atoms. The molecular weight excluding hydrogens is 380 g/mol. The van der Waals surface area contributed by atoms with Crippen LogP contribution >= 0.6 is 11.6 Å². The van der Waals surface area contributed by atoms with Gasteiger partial charge in [-0.3, -0.25) is 9.89 Å². The number of aromatic amines is 1. The molecule has 0 spiro atoms. The first-order chi connectivity index (χ1) is 13.5. The van der Waals surface area contributed by atoms with E-state index in [1.54, 1.807) is 0 Å². The van der Waals surface area contributed by atoms with Gasteiger partial charge in [0.2, 0.25) is 5.28 Å². The highest BCUT2D eigenvalue weighted by atomic mass is 35.5. The van der Waals surface area contributed by atoms with E-state index >= 15 is 0 Å². The molecule has 0 saturated carbocycles. The summed E-state index contributed by atoms with van der Waals surface area (Å²) < 4.78 is 4.86. The molecular formula is C19H21ClN6O2. The number of piperidine rings is 1. The number of fused-ring (bicyclic) bond motifs is 1. The van der Waals surface area contributed by atoms with Gasteiger partial charge in [0, 0.05) is 35.9 Å². The fraction of sp³-hybridized carbons (Fsp3) is 0.368. The van der Waals surface area contributed by atoms with Gasteiger partial charge in [0.15, 0.2) is 5.82 Å². The normalized spacial score (nSPS) is 15.0. The third-order valence-electron chi connectivity index (χ3n) is 5.00. The predicted molar refractivity (Wildman–Crippen MR) is 108 cm³/mol. The minimum atomic E-state index is -0.123. The summed E-state index contributed by atoms with van der Waals surface area (Å²) in [5.74, 6) is 1.13. The lowest BCUT2D eigenvalue weighted by Gasteiger charge is -2.32. The van der Waals surface area contributed by atoms with Crippen molar-refractivity contribution in [1.29, 1.82) is 0 Å². The number of aromatic nitrogens is 4. The number of carbonyl (C=O) groups excluding carboxylic acids is 1. The highest BCUT2D eigenvalue weighted by molar-refractivity contribution is 6.28. The lowest BCUT2D eigenvalue weighted by atomic mass is 9.96. The zero-order valence-electron chi connectivity index (χ0n) is 15.7. The third kappa shape index (κ3) is 3.73. The number of anilines is 3. The minimum absolute atomic E-state index is 0.0217. The Kier molecular flexibility index (Phi) is 5.04. The molecule has 146 valence electrons. The van der Waals surface area contributed by atoms with E-state index in [4.69, 9.17) is 16.3 Å². The summed E-state index contributed by atoms with van der Waals surface area (Å²) in [4.78, 5) is 22.7. The molecule has 0 amide bonds. The van der Waals surface area contributed by atoms with Crippen LogP contribution in [0, 0.1) is 12.8 Å². The maximum Gasteiger partial charge on any atom is 0.308 e. The minimum Gasteiger partial charge on any atom is -0.469 e. The van der Waals surface area contributed by atoms with E-state index < -0.39 is 0 Å². The van der Waals surface area contributed by atoms with Gasteiger partial charge >= 0.3 is 5.97 Å². The smallest absolute Gasteiger partial charge is 0.308 e. The first-order valence-electron chi connectivity index (χ1n) is 9.12. The molecule has 8 nitrogen and oxygen atoms in total. The number of ether oxygens (including phenoxy) is 1. The van der Waals surface area contributed by atoms with Crippen LogP contribution in [0.3, 0.4) is 0 Å². The van der Waals surface area contributed by atoms with Crippen molar-refractivity contribution in [3.63, 3.8) is 0 Å². The Bertz CT molecular complexity index is 1010. The number of nitrogens with zero attached hydrogens (tertiary/aromatic N) is 4. The molecule has 0 unspecified atom stereocenters. The molecule has 2 aromatic heterocycles. The quantitative estimate of drug-likeness (QED) is 0.511. The second-order valence-electron chi connectivity index (χ2n) is 6.89. The average Bonchev–Trinajstić information content (AvgIpc) is 3.11. The van der Waals surface area contributed by atoms with Crippen molar-refractivity contribution in [1.82, 2.24) is 20.2 Å². The van der Waals surface area contributed by atoms with Crippen molar-refractivity contribution in [2.75, 3.05) is 30.4 Å². The Hall–Kier alpha value is -2.87. The van der Waals surface area contributed by atoms with Crippen LogP contribution in [0.5, 0.6) is 0 Å². The SMILES string of the molecule is COC(=O)C1CCN(c2ccc3c(Nc4cc(C)[nH]n4)nc(Cl)nc3c2)CC1. The molecule has 3 aromatic rings. The third-order valence-corrected chi connectivity index (χ3v) is 5.17. The number of H-pyrrole nitrogens is 1. The molecule has 1 fully saturated rings. The topological polar surface area (TPSA) is 96.0 Å². The number of halogens is 1. The van der Waals surface area contributed by atoms with Crippen LogP contribution in [-0.2, 0) is 9.53 Å². The first kappa shape index (κ1) is 18.5. The van der Waals surface area contributed by atoms with Gasteiger partial charge in [-0.15, -0.1) is 0 Å². The number of methoxy groups -OCH3 is 1. The number of rotatable bonds is 4. The van der Waals surface area contributed by atoms with Crippen molar-refractivity contribution in [3.8, 4) is 0 Å². The number of benzene rings is 1. The largest absolute Gasteiger partial charge is 0.469 e. The Morgan fingerprint density at radius 3 is 2.75 bits per heavy atom. The van der Waals surface area contributed by atoms with Gasteiger partial charge in [-0.25, -0.2) is 4.98 Å². The summed E-state index contributed by atoms with van der Waals surface area (Å²) >= 11 is 6.15. The van der Waals surface area contributed by atoms with E-state index in [1.165, 1.54) is 7.11 Å². The van der Waals surface area contributed by atoms with Crippen molar-refractivity contribution >= 4 is 45.8 Å². The molecule has 0 aliphatic carbocycles. The highest BCUT2D eigenvalue weighted by Crippen LogP contribution is 2.30. The van der Waals surface area contributed by atoms with Crippen molar-refractivity contribution in [3.05, 3.63) is 35.2 Å². The average molecular weight is 401 g/mol. The lowest BCUT2D eigenvalue weighted by Crippen LogP contribution is -2.36. The molecule has 4 rings (SSSR count). The van der Waals surface area contributed by atoms with Crippen LogP contribution in [0.2, 0.25) is 5.28 Å². The second kappa shape index (κ2) is 7.63. The van der Waals surface area contributed by atoms with E-state index in [0.29, 0.717) is 11.6 Å². The fourth-order valence-electron chi connectivity index (χ4n) is 3.53. The summed E-state index contributed by atoms with van der Waals surface area (Å²) in [5, 5.41) is 11.3. The zero-order chi connectivity index (χ0) is 19.7. The van der Waals surface area contributed by atoms with Crippen LogP contribution in [-0.4, -0.2) is 46.3 Å². The predicted octanol–water partition coefficient (Wildman–Crippen LogP) is 3.45. The molecule has 1 aliphatic heterocycles. The molecule has 9 heteroatoms. The van der Waals surface area contributed by atoms with E-state index in [0.717, 1.165) is 48.2 Å². The Labute approximate surface area is 167 Å². The summed E-state index contributed by atoms with van der Waals surface area (Å²) in [5.41, 5.74) is 2.75. The summed E-state index contributed by atoms with van der Waals surface area (Å²) in [6.07, 6.45) is 1.56. The second-order valence-corrected chi connectivity index (χ2v) is 7.23. The molecule has 3 heterocycles. The van der Waals surface area contributed by atoms with E-state index in [9.17, 15) is 4.79 Å². The maximum absolute atomic E-state index is 11.7. The van der Waals surface area contributed by atoms with Crippen LogP contribution in [0.15, 0.2) is 24.3 Å². The van der Waals surface area contributed by atoms with Crippen LogP contribution in [0.1, 0.15) is 18.5 Å². The molecule has 1 aliphatic rings. The Morgan fingerprint density at radius 1 is 1.29 bits per heavy atom. The van der Waals surface area contributed by atoms with Crippen LogP contribution in [0.25, 0.3) is 10.9 Å². The maximum atomic E-state index is 11.7. The molecule has 28 heavy (non-hydrogen) atoms. The monoisotopic (exact) mass is 400 g/mol. The van der Waals surface area contributed by atoms with Gasteiger partial charge in [0.05, 0.1) is 18.5 Å². The molecule has 0 radical (unpaired) electrons. The van der Waals surface area contributed by atoms with Crippen molar-refractivity contribution in [2.24, 2.45) is 5.92 Å². The van der Waals surface area contributed by atoms with Gasteiger partial charge in [-0.1, -0.05) is 0 Å².